The van der Waals surface area contributed by atoms with Crippen molar-refractivity contribution in [3.05, 3.63) is 57.3 Å². The Bertz CT molecular complexity index is 800. The fraction of sp³-hybridized carbons (Fsp3) is 0.263. The van der Waals surface area contributed by atoms with Crippen molar-refractivity contribution in [2.75, 3.05) is 13.2 Å². The normalized spacial score (nSPS) is 14.0. The van der Waals surface area contributed by atoms with E-state index in [9.17, 15) is 10.1 Å². The molecule has 0 fully saturated rings. The SMILES string of the molecule is CCOc1ccc(C=C(C#N)C(=O)N2CCc3sccc3C2)cc1. The number of nitriles is 1. The third-order valence-electron chi connectivity index (χ3n) is 3.95. The molecule has 1 aromatic carbocycles. The number of rotatable bonds is 4. The number of fused-ring (bicyclic) bond motifs is 1. The highest BCUT2D eigenvalue weighted by atomic mass is 32.1. The van der Waals surface area contributed by atoms with Crippen LogP contribution in [0.4, 0.5) is 0 Å². The molecule has 2 aromatic rings. The van der Waals surface area contributed by atoms with Crippen LogP contribution in [0.3, 0.4) is 0 Å². The zero-order valence-corrected chi connectivity index (χ0v) is 14.3. The van der Waals surface area contributed by atoms with Crippen molar-refractivity contribution < 1.29 is 9.53 Å². The minimum Gasteiger partial charge on any atom is -0.494 e. The summed E-state index contributed by atoms with van der Waals surface area (Å²) < 4.78 is 5.40. The molecule has 1 aliphatic heterocycles. The van der Waals surface area contributed by atoms with Crippen LogP contribution in [0.5, 0.6) is 5.75 Å². The number of hydrogen-bond donors (Lipinski definition) is 0. The van der Waals surface area contributed by atoms with Gasteiger partial charge in [0, 0.05) is 18.0 Å². The molecule has 0 aliphatic carbocycles. The number of carbonyl (C=O) groups is 1. The summed E-state index contributed by atoms with van der Waals surface area (Å²) in [6, 6.07) is 11.5. The molecule has 3 rings (SSSR count). The minimum absolute atomic E-state index is 0.165. The summed E-state index contributed by atoms with van der Waals surface area (Å²) in [6.45, 7) is 3.78. The number of nitrogens with zero attached hydrogens (tertiary/aromatic N) is 2. The van der Waals surface area contributed by atoms with Gasteiger partial charge in [-0.05, 0) is 54.1 Å². The lowest BCUT2D eigenvalue weighted by atomic mass is 10.1. The van der Waals surface area contributed by atoms with E-state index in [1.807, 2.05) is 37.3 Å². The second kappa shape index (κ2) is 7.33. The highest BCUT2D eigenvalue weighted by Crippen LogP contribution is 2.25. The standard InChI is InChI=1S/C19H18N2O2S/c1-2-23-17-5-3-14(4-6-17)11-16(12-20)19(22)21-9-7-18-15(13-21)8-10-24-18/h3-6,8,10-11H,2,7,9,13H2,1H3. The van der Waals surface area contributed by atoms with Gasteiger partial charge in [0.1, 0.15) is 17.4 Å². The number of hydrogen-bond acceptors (Lipinski definition) is 4. The average molecular weight is 338 g/mol. The van der Waals surface area contributed by atoms with E-state index in [1.54, 1.807) is 22.3 Å². The summed E-state index contributed by atoms with van der Waals surface area (Å²) in [7, 11) is 0. The third-order valence-corrected chi connectivity index (χ3v) is 4.97. The lowest BCUT2D eigenvalue weighted by Crippen LogP contribution is -2.36. The van der Waals surface area contributed by atoms with E-state index in [4.69, 9.17) is 4.74 Å². The largest absolute Gasteiger partial charge is 0.494 e. The van der Waals surface area contributed by atoms with Crippen LogP contribution >= 0.6 is 11.3 Å². The van der Waals surface area contributed by atoms with Crippen LogP contribution in [0, 0.1) is 11.3 Å². The molecular formula is C19H18N2O2S. The van der Waals surface area contributed by atoms with E-state index in [0.717, 1.165) is 17.7 Å². The maximum atomic E-state index is 12.6. The molecule has 0 spiro atoms. The van der Waals surface area contributed by atoms with Gasteiger partial charge in [-0.2, -0.15) is 5.26 Å². The maximum absolute atomic E-state index is 12.6. The Morgan fingerprint density at radius 2 is 2.17 bits per heavy atom. The van der Waals surface area contributed by atoms with E-state index in [2.05, 4.69) is 11.4 Å². The fourth-order valence-corrected chi connectivity index (χ4v) is 3.62. The molecule has 1 aromatic heterocycles. The Morgan fingerprint density at radius 1 is 1.38 bits per heavy atom. The smallest absolute Gasteiger partial charge is 0.264 e. The molecule has 2 heterocycles. The first-order chi connectivity index (χ1) is 11.7. The first-order valence-corrected chi connectivity index (χ1v) is 8.78. The van der Waals surface area contributed by atoms with Gasteiger partial charge in [0.05, 0.1) is 6.61 Å². The Balaban J connectivity index is 1.76. The highest BCUT2D eigenvalue weighted by molar-refractivity contribution is 7.10. The van der Waals surface area contributed by atoms with Gasteiger partial charge in [0.15, 0.2) is 0 Å². The number of ether oxygens (including phenoxy) is 1. The topological polar surface area (TPSA) is 53.3 Å². The van der Waals surface area contributed by atoms with Crippen molar-refractivity contribution in [1.29, 1.82) is 5.26 Å². The Hall–Kier alpha value is -2.58. The summed E-state index contributed by atoms with van der Waals surface area (Å²) >= 11 is 1.73. The average Bonchev–Trinajstić information content (AvgIpc) is 3.08. The number of carbonyl (C=O) groups excluding carboxylic acids is 1. The molecule has 0 saturated heterocycles. The van der Waals surface area contributed by atoms with Gasteiger partial charge in [-0.3, -0.25) is 4.79 Å². The molecule has 0 unspecified atom stereocenters. The van der Waals surface area contributed by atoms with Crippen LogP contribution in [0.25, 0.3) is 6.08 Å². The Kier molecular flexibility index (Phi) is 4.97. The Morgan fingerprint density at radius 3 is 2.88 bits per heavy atom. The Labute approximate surface area is 145 Å². The second-order valence-electron chi connectivity index (χ2n) is 5.52. The van der Waals surface area contributed by atoms with Crippen LogP contribution < -0.4 is 4.74 Å². The van der Waals surface area contributed by atoms with Gasteiger partial charge < -0.3 is 9.64 Å². The third kappa shape index (κ3) is 3.50. The van der Waals surface area contributed by atoms with E-state index in [-0.39, 0.29) is 11.5 Å². The maximum Gasteiger partial charge on any atom is 0.264 e. The van der Waals surface area contributed by atoms with Crippen molar-refractivity contribution in [1.82, 2.24) is 4.90 Å². The lowest BCUT2D eigenvalue weighted by Gasteiger charge is -2.26. The van der Waals surface area contributed by atoms with Crippen LogP contribution in [0.1, 0.15) is 22.9 Å². The minimum atomic E-state index is -0.205. The van der Waals surface area contributed by atoms with E-state index in [1.165, 1.54) is 10.4 Å². The zero-order chi connectivity index (χ0) is 16.9. The molecule has 24 heavy (non-hydrogen) atoms. The van der Waals surface area contributed by atoms with Crippen molar-refractivity contribution in [2.24, 2.45) is 0 Å². The van der Waals surface area contributed by atoms with Crippen molar-refractivity contribution in [2.45, 2.75) is 19.9 Å². The lowest BCUT2D eigenvalue weighted by molar-refractivity contribution is -0.127. The summed E-state index contributed by atoms with van der Waals surface area (Å²) in [5.41, 5.74) is 2.17. The molecule has 4 nitrogen and oxygen atoms in total. The number of amides is 1. The van der Waals surface area contributed by atoms with Gasteiger partial charge in [-0.1, -0.05) is 12.1 Å². The van der Waals surface area contributed by atoms with Crippen molar-refractivity contribution >= 4 is 23.3 Å². The molecule has 0 N–H and O–H groups in total. The fourth-order valence-electron chi connectivity index (χ4n) is 2.73. The predicted molar refractivity (Wildman–Crippen MR) is 94.6 cm³/mol. The number of thiophene rings is 1. The first kappa shape index (κ1) is 16.3. The molecule has 5 heteroatoms. The van der Waals surface area contributed by atoms with Crippen LogP contribution in [0.15, 0.2) is 41.3 Å². The predicted octanol–water partition coefficient (Wildman–Crippen LogP) is 3.64. The van der Waals surface area contributed by atoms with Crippen LogP contribution in [-0.2, 0) is 17.8 Å². The molecular weight excluding hydrogens is 320 g/mol. The highest BCUT2D eigenvalue weighted by Gasteiger charge is 2.23. The van der Waals surface area contributed by atoms with E-state index < -0.39 is 0 Å². The van der Waals surface area contributed by atoms with Crippen molar-refractivity contribution in [3.63, 3.8) is 0 Å². The molecule has 122 valence electrons. The molecule has 0 atom stereocenters. The van der Waals surface area contributed by atoms with E-state index >= 15 is 0 Å². The van der Waals surface area contributed by atoms with Gasteiger partial charge in [-0.15, -0.1) is 11.3 Å². The van der Waals surface area contributed by atoms with Gasteiger partial charge in [0.2, 0.25) is 0 Å². The zero-order valence-electron chi connectivity index (χ0n) is 13.5. The van der Waals surface area contributed by atoms with Crippen LogP contribution in [-0.4, -0.2) is 24.0 Å². The number of benzene rings is 1. The van der Waals surface area contributed by atoms with E-state index in [0.29, 0.717) is 19.7 Å². The molecule has 1 amide bonds. The summed E-state index contributed by atoms with van der Waals surface area (Å²) in [5, 5.41) is 11.4. The monoisotopic (exact) mass is 338 g/mol. The summed E-state index contributed by atoms with van der Waals surface area (Å²) in [4.78, 5) is 15.7. The molecule has 0 bridgehead atoms. The quantitative estimate of drug-likeness (QED) is 0.632. The van der Waals surface area contributed by atoms with Crippen LogP contribution in [0.2, 0.25) is 0 Å². The summed E-state index contributed by atoms with van der Waals surface area (Å²) in [5.74, 6) is 0.573. The van der Waals surface area contributed by atoms with Gasteiger partial charge in [-0.25, -0.2) is 0 Å². The first-order valence-electron chi connectivity index (χ1n) is 7.90. The second-order valence-corrected chi connectivity index (χ2v) is 6.52. The molecule has 0 radical (unpaired) electrons. The van der Waals surface area contributed by atoms with Gasteiger partial charge in [0.25, 0.3) is 5.91 Å². The van der Waals surface area contributed by atoms with Gasteiger partial charge >= 0.3 is 0 Å². The van der Waals surface area contributed by atoms with Crippen molar-refractivity contribution in [3.8, 4) is 11.8 Å². The molecule has 1 aliphatic rings. The summed E-state index contributed by atoms with van der Waals surface area (Å²) in [6.07, 6.45) is 2.50. The molecule has 0 saturated carbocycles.